The van der Waals surface area contributed by atoms with E-state index in [1.54, 1.807) is 11.6 Å². The third kappa shape index (κ3) is 3.47. The first-order valence-electron chi connectivity index (χ1n) is 8.48. The fourth-order valence-electron chi connectivity index (χ4n) is 2.98. The van der Waals surface area contributed by atoms with Gasteiger partial charge in [0.15, 0.2) is 0 Å². The molecule has 0 saturated carbocycles. The molecule has 132 valence electrons. The van der Waals surface area contributed by atoms with Crippen molar-refractivity contribution in [2.75, 3.05) is 4.72 Å². The van der Waals surface area contributed by atoms with E-state index in [1.165, 1.54) is 11.9 Å². The van der Waals surface area contributed by atoms with Gasteiger partial charge >= 0.3 is 0 Å². The number of aromatic nitrogens is 1. The van der Waals surface area contributed by atoms with Gasteiger partial charge < -0.3 is 9.29 Å². The predicted octanol–water partition coefficient (Wildman–Crippen LogP) is 4.96. The molecule has 0 aliphatic rings. The smallest absolute Gasteiger partial charge is 0.253 e. The van der Waals surface area contributed by atoms with Crippen LogP contribution in [0.1, 0.15) is 36.5 Å². The first-order valence-corrected chi connectivity index (χ1v) is 9.29. The zero-order chi connectivity index (χ0) is 18.8. The van der Waals surface area contributed by atoms with Crippen molar-refractivity contribution >= 4 is 28.5 Å². The topological polar surface area (TPSA) is 57.8 Å². The van der Waals surface area contributed by atoms with Gasteiger partial charge in [-0.1, -0.05) is 13.8 Å². The highest BCUT2D eigenvalue weighted by atomic mass is 32.2. The van der Waals surface area contributed by atoms with Crippen molar-refractivity contribution in [3.8, 4) is 6.07 Å². The highest BCUT2D eigenvalue weighted by Gasteiger charge is 2.10. The van der Waals surface area contributed by atoms with Gasteiger partial charge in [0.25, 0.3) is 5.56 Å². The van der Waals surface area contributed by atoms with E-state index < -0.39 is 0 Å². The number of rotatable bonds is 4. The molecule has 0 amide bonds. The van der Waals surface area contributed by atoms with E-state index in [-0.39, 0.29) is 5.56 Å². The highest BCUT2D eigenvalue weighted by molar-refractivity contribution is 8.00. The molecular formula is C21H21N3OS. The molecule has 3 rings (SSSR count). The molecule has 26 heavy (non-hydrogen) atoms. The van der Waals surface area contributed by atoms with Crippen LogP contribution < -0.4 is 10.3 Å². The van der Waals surface area contributed by atoms with E-state index in [4.69, 9.17) is 5.26 Å². The number of anilines is 1. The Morgan fingerprint density at radius 1 is 1.15 bits per heavy atom. The quantitative estimate of drug-likeness (QED) is 0.666. The fourth-order valence-corrected chi connectivity index (χ4v) is 3.89. The van der Waals surface area contributed by atoms with Crippen LogP contribution >= 0.6 is 11.9 Å². The zero-order valence-corrected chi connectivity index (χ0v) is 16.1. The second kappa shape index (κ2) is 7.27. The van der Waals surface area contributed by atoms with Crippen molar-refractivity contribution in [3.05, 3.63) is 69.5 Å². The summed E-state index contributed by atoms with van der Waals surface area (Å²) in [5.74, 6) is 0.335. The predicted molar refractivity (Wildman–Crippen MR) is 109 cm³/mol. The van der Waals surface area contributed by atoms with Gasteiger partial charge in [-0.25, -0.2) is 0 Å². The number of nitrogens with zero attached hydrogens (tertiary/aromatic N) is 2. The number of hydrogen-bond acceptors (Lipinski definition) is 4. The molecule has 4 nitrogen and oxygen atoms in total. The Bertz CT molecular complexity index is 1080. The van der Waals surface area contributed by atoms with Crippen LogP contribution in [0.5, 0.6) is 0 Å². The van der Waals surface area contributed by atoms with E-state index in [1.807, 2.05) is 49.4 Å². The maximum absolute atomic E-state index is 12.1. The van der Waals surface area contributed by atoms with Gasteiger partial charge in [-0.05, 0) is 72.8 Å². The molecule has 0 saturated heterocycles. The monoisotopic (exact) mass is 363 g/mol. The van der Waals surface area contributed by atoms with Crippen LogP contribution in [0.2, 0.25) is 0 Å². The van der Waals surface area contributed by atoms with Crippen LogP contribution in [0, 0.1) is 18.3 Å². The SMILES string of the molecule is Cc1cc2cc(NSc3ccc(C#N)cc3C(C)C)ccc2n(C)c1=O. The van der Waals surface area contributed by atoms with E-state index in [2.05, 4.69) is 24.6 Å². The van der Waals surface area contributed by atoms with Crippen LogP contribution in [0.3, 0.4) is 0 Å². The minimum absolute atomic E-state index is 0.0340. The summed E-state index contributed by atoms with van der Waals surface area (Å²) < 4.78 is 5.07. The minimum atomic E-state index is 0.0340. The van der Waals surface area contributed by atoms with E-state index in [0.29, 0.717) is 11.5 Å². The summed E-state index contributed by atoms with van der Waals surface area (Å²) >= 11 is 1.54. The Labute approximate surface area is 157 Å². The molecule has 0 fully saturated rings. The molecule has 5 heteroatoms. The summed E-state index contributed by atoms with van der Waals surface area (Å²) in [5, 5.41) is 10.1. The summed E-state index contributed by atoms with van der Waals surface area (Å²) in [6.45, 7) is 6.09. The molecule has 1 heterocycles. The van der Waals surface area contributed by atoms with E-state index in [9.17, 15) is 4.79 Å². The van der Waals surface area contributed by atoms with Crippen molar-refractivity contribution in [1.82, 2.24) is 4.57 Å². The van der Waals surface area contributed by atoms with E-state index >= 15 is 0 Å². The molecule has 0 spiro atoms. The number of benzene rings is 2. The number of aryl methyl sites for hydroxylation is 2. The summed E-state index contributed by atoms with van der Waals surface area (Å²) in [4.78, 5) is 13.2. The number of nitriles is 1. The highest BCUT2D eigenvalue weighted by Crippen LogP contribution is 2.31. The van der Waals surface area contributed by atoms with Gasteiger partial charge in [-0.15, -0.1) is 0 Å². The van der Waals surface area contributed by atoms with Crippen LogP contribution in [-0.2, 0) is 7.05 Å². The molecule has 0 aliphatic heterocycles. The maximum Gasteiger partial charge on any atom is 0.253 e. The number of fused-ring (bicyclic) bond motifs is 1. The number of pyridine rings is 1. The molecule has 0 radical (unpaired) electrons. The average Bonchev–Trinajstić information content (AvgIpc) is 2.64. The molecule has 0 bridgehead atoms. The van der Waals surface area contributed by atoms with Crippen LogP contribution in [0.4, 0.5) is 5.69 Å². The van der Waals surface area contributed by atoms with Gasteiger partial charge in [0.1, 0.15) is 0 Å². The Kier molecular flexibility index (Phi) is 5.06. The summed E-state index contributed by atoms with van der Waals surface area (Å²) in [7, 11) is 1.80. The lowest BCUT2D eigenvalue weighted by Crippen LogP contribution is -2.19. The molecule has 2 aromatic carbocycles. The van der Waals surface area contributed by atoms with Crippen LogP contribution in [0.25, 0.3) is 10.9 Å². The third-order valence-corrected chi connectivity index (χ3v) is 5.37. The Hall–Kier alpha value is -2.71. The summed E-state index contributed by atoms with van der Waals surface area (Å²) in [5.41, 5.74) is 4.49. The minimum Gasteiger partial charge on any atom is -0.326 e. The molecule has 0 atom stereocenters. The lowest BCUT2D eigenvalue weighted by molar-refractivity contribution is 0.841. The Morgan fingerprint density at radius 3 is 2.62 bits per heavy atom. The normalized spacial score (nSPS) is 10.9. The van der Waals surface area contributed by atoms with E-state index in [0.717, 1.165) is 32.6 Å². The first-order chi connectivity index (χ1) is 12.4. The molecule has 0 aliphatic carbocycles. The second-order valence-corrected chi connectivity index (χ2v) is 7.54. The zero-order valence-electron chi connectivity index (χ0n) is 15.3. The van der Waals surface area contributed by atoms with Crippen molar-refractivity contribution < 1.29 is 0 Å². The largest absolute Gasteiger partial charge is 0.326 e. The lowest BCUT2D eigenvalue weighted by atomic mass is 10.0. The standard InChI is InChI=1S/C21H21N3OS/c1-13(2)18-10-15(12-22)5-8-20(18)26-23-17-6-7-19-16(11-17)9-14(3)21(25)24(19)4/h5-11,13,23H,1-4H3. The van der Waals surface area contributed by atoms with Crippen LogP contribution in [0.15, 0.2) is 52.2 Å². The van der Waals surface area contributed by atoms with Crippen molar-refractivity contribution in [2.45, 2.75) is 31.6 Å². The van der Waals surface area contributed by atoms with Gasteiger partial charge in [0.05, 0.1) is 17.1 Å². The molecular weight excluding hydrogens is 342 g/mol. The third-order valence-electron chi connectivity index (χ3n) is 4.44. The van der Waals surface area contributed by atoms with Gasteiger partial charge in [0.2, 0.25) is 0 Å². The molecule has 1 N–H and O–H groups in total. The van der Waals surface area contributed by atoms with Gasteiger partial charge in [-0.3, -0.25) is 4.79 Å². The number of hydrogen-bond donors (Lipinski definition) is 1. The fraction of sp³-hybridized carbons (Fsp3) is 0.238. The van der Waals surface area contributed by atoms with Crippen LogP contribution in [-0.4, -0.2) is 4.57 Å². The maximum atomic E-state index is 12.1. The lowest BCUT2D eigenvalue weighted by Gasteiger charge is -2.14. The second-order valence-electron chi connectivity index (χ2n) is 6.69. The molecule has 1 aromatic heterocycles. The molecule has 0 unspecified atom stereocenters. The average molecular weight is 363 g/mol. The van der Waals surface area contributed by atoms with Crippen molar-refractivity contribution in [1.29, 1.82) is 5.26 Å². The summed E-state index contributed by atoms with van der Waals surface area (Å²) in [6.07, 6.45) is 0. The molecule has 3 aromatic rings. The first kappa shape index (κ1) is 18.1. The number of nitrogens with one attached hydrogen (secondary N) is 1. The summed E-state index contributed by atoms with van der Waals surface area (Å²) in [6, 6.07) is 15.9. The Balaban J connectivity index is 1.90. The Morgan fingerprint density at radius 2 is 1.92 bits per heavy atom. The van der Waals surface area contributed by atoms with Crippen molar-refractivity contribution in [3.63, 3.8) is 0 Å². The van der Waals surface area contributed by atoms with Crippen molar-refractivity contribution in [2.24, 2.45) is 7.05 Å². The van der Waals surface area contributed by atoms with Gasteiger partial charge in [0, 0.05) is 28.6 Å². The van der Waals surface area contributed by atoms with Gasteiger partial charge in [-0.2, -0.15) is 5.26 Å².